The van der Waals surface area contributed by atoms with Gasteiger partial charge in [0.1, 0.15) is 0 Å². The van der Waals surface area contributed by atoms with Gasteiger partial charge < -0.3 is 0 Å². The fourth-order valence-corrected chi connectivity index (χ4v) is 18.5. The van der Waals surface area contributed by atoms with Crippen LogP contribution in [0.5, 0.6) is 0 Å². The minimum absolute atomic E-state index is 0.223. The second kappa shape index (κ2) is 12.5. The zero-order chi connectivity index (χ0) is 23.1. The van der Waals surface area contributed by atoms with Crippen molar-refractivity contribution >= 4 is 17.8 Å². The van der Waals surface area contributed by atoms with Crippen LogP contribution in [0.2, 0.25) is 6.55 Å². The zero-order valence-electron chi connectivity index (χ0n) is 21.1. The van der Waals surface area contributed by atoms with E-state index in [1.54, 1.807) is 3.88 Å². The Morgan fingerprint density at radius 1 is 0.875 bits per heavy atom. The number of benzene rings is 1. The molecule has 0 aliphatic heterocycles. The summed E-state index contributed by atoms with van der Waals surface area (Å²) in [5.74, 6) is 1.11. The monoisotopic (exact) mass is 486 g/mol. The van der Waals surface area contributed by atoms with E-state index < -0.39 is 24.0 Å². The summed E-state index contributed by atoms with van der Waals surface area (Å²) in [5.41, 5.74) is 4.47. The van der Waals surface area contributed by atoms with Gasteiger partial charge in [-0.2, -0.15) is 0 Å². The predicted octanol–water partition coefficient (Wildman–Crippen LogP) is 6.69. The fraction of sp³-hybridized carbons (Fsp3) is 0.607. The Balaban J connectivity index is 1.84. The van der Waals surface area contributed by atoms with E-state index in [1.807, 2.05) is 0 Å². The van der Waals surface area contributed by atoms with Crippen molar-refractivity contribution in [1.29, 1.82) is 0 Å². The number of hydrogen-bond donors (Lipinski definition) is 1. The number of carbonyl (C=O) groups is 1. The Labute approximate surface area is 204 Å². The van der Waals surface area contributed by atoms with Crippen molar-refractivity contribution in [2.45, 2.75) is 98.5 Å². The average molecular weight is 487 g/mol. The third-order valence-electron chi connectivity index (χ3n) is 8.15. The Morgan fingerprint density at radius 3 is 1.91 bits per heavy atom. The molecule has 1 aromatic carbocycles. The van der Waals surface area contributed by atoms with Gasteiger partial charge in [0.25, 0.3) is 0 Å². The van der Waals surface area contributed by atoms with Crippen LogP contribution in [0.25, 0.3) is 0 Å². The molecule has 0 heterocycles. The summed E-state index contributed by atoms with van der Waals surface area (Å²) in [7, 11) is 0. The second-order valence-corrected chi connectivity index (χ2v) is 21.3. The van der Waals surface area contributed by atoms with Crippen molar-refractivity contribution in [3.63, 3.8) is 0 Å². The number of carbonyl (C=O) groups excluding carboxylic acids is 1. The normalized spacial score (nSPS) is 22.5. The first-order valence-corrected chi connectivity index (χ1v) is 19.6. The number of hydrogen-bond acceptors (Lipinski definition) is 1. The predicted molar refractivity (Wildman–Crippen MR) is 137 cm³/mol. The molecular formula is C28H44NOSiTi. The summed E-state index contributed by atoms with van der Waals surface area (Å²) in [6.45, 7) is 10.5. The third kappa shape index (κ3) is 6.36. The van der Waals surface area contributed by atoms with Gasteiger partial charge >= 0.3 is 205 Å². The van der Waals surface area contributed by atoms with E-state index >= 15 is 0 Å². The molecule has 0 aromatic heterocycles. The topological polar surface area (TPSA) is 29.1 Å². The molecule has 2 aliphatic carbocycles. The molecule has 175 valence electrons. The maximum atomic E-state index is 13.7. The summed E-state index contributed by atoms with van der Waals surface area (Å²) >= 11 is -1.96. The average Bonchev–Trinajstić information content (AvgIpc) is 2.98. The van der Waals surface area contributed by atoms with Crippen molar-refractivity contribution in [2.75, 3.05) is 0 Å². The Morgan fingerprint density at radius 2 is 1.41 bits per heavy atom. The van der Waals surface area contributed by atoms with Crippen molar-refractivity contribution in [3.8, 4) is 0 Å². The molecular weight excluding hydrogens is 442 g/mol. The van der Waals surface area contributed by atoms with Crippen LogP contribution in [0.3, 0.4) is 0 Å². The van der Waals surface area contributed by atoms with Crippen LogP contribution < -0.4 is 8.99 Å². The molecule has 1 saturated carbocycles. The van der Waals surface area contributed by atoms with Crippen LogP contribution in [0.15, 0.2) is 50.9 Å². The van der Waals surface area contributed by atoms with Gasteiger partial charge in [0.05, 0.1) is 0 Å². The molecule has 1 N–H and O–H groups in total. The Hall–Kier alpha value is -0.899. The molecule has 2 unspecified atom stereocenters. The Bertz CT molecular complexity index is 819. The van der Waals surface area contributed by atoms with E-state index in [0.717, 1.165) is 12.8 Å². The summed E-state index contributed by atoms with van der Waals surface area (Å²) in [6, 6.07) is 11.1. The molecule has 0 saturated heterocycles. The molecule has 2 aliphatic rings. The minimum atomic E-state index is -1.96. The van der Waals surface area contributed by atoms with Crippen LogP contribution in [0.4, 0.5) is 0 Å². The van der Waals surface area contributed by atoms with Crippen LogP contribution in [0, 0.1) is 11.8 Å². The molecule has 3 rings (SSSR count). The Kier molecular flexibility index (Phi) is 10.1. The molecule has 32 heavy (non-hydrogen) atoms. The van der Waals surface area contributed by atoms with E-state index in [2.05, 4.69) is 68.4 Å². The van der Waals surface area contributed by atoms with E-state index in [0.29, 0.717) is 11.8 Å². The van der Waals surface area contributed by atoms with Crippen molar-refractivity contribution in [1.82, 2.24) is 3.80 Å². The van der Waals surface area contributed by atoms with Crippen molar-refractivity contribution in [2.24, 2.45) is 11.8 Å². The van der Waals surface area contributed by atoms with Crippen molar-refractivity contribution in [3.05, 3.63) is 50.9 Å². The molecule has 0 bridgehead atoms. The maximum absolute atomic E-state index is 13.7. The SMILES string of the molecule is CC1=C(C)C(C)[C]([Ti]([NH]C(=O)C2CCCCCCCCCC2)[SiH](C)c2ccccc2)=C1C. The van der Waals surface area contributed by atoms with Crippen LogP contribution in [-0.2, 0) is 22.2 Å². The second-order valence-electron chi connectivity index (χ2n) is 10.2. The molecule has 4 heteroatoms. The van der Waals surface area contributed by atoms with Gasteiger partial charge in [-0.15, -0.1) is 0 Å². The summed E-state index contributed by atoms with van der Waals surface area (Å²) in [5, 5.41) is 1.51. The molecule has 1 amide bonds. The molecule has 2 atom stereocenters. The molecule has 1 fully saturated rings. The summed E-state index contributed by atoms with van der Waals surface area (Å²) in [4.78, 5) is 13.7. The van der Waals surface area contributed by atoms with Gasteiger partial charge in [0.2, 0.25) is 0 Å². The van der Waals surface area contributed by atoms with Gasteiger partial charge in [-0.05, 0) is 0 Å². The number of nitrogens with one attached hydrogen (secondary N) is 1. The van der Waals surface area contributed by atoms with Crippen molar-refractivity contribution < 1.29 is 22.2 Å². The molecule has 0 spiro atoms. The first-order chi connectivity index (χ1) is 15.4. The standard InChI is InChI=1S/C12H23NO.C9H13.C7H9Si.Ti/c13-12(14)11-9-7-5-3-1-2-4-6-8-10-11;1-6-5-7(2)9(4)8(6)3;1-8-7-5-3-2-4-6-7;/h11H,1-10H2,(H2,13,14);6H,1-4H3;2-6,8H,1H3;/q;;;+1/p-1. The first-order valence-electron chi connectivity index (χ1n) is 13.0. The van der Waals surface area contributed by atoms with E-state index in [9.17, 15) is 4.79 Å². The van der Waals surface area contributed by atoms with Crippen LogP contribution in [0.1, 0.15) is 91.9 Å². The van der Waals surface area contributed by atoms with Gasteiger partial charge in [-0.25, -0.2) is 0 Å². The zero-order valence-corrected chi connectivity index (χ0v) is 23.8. The van der Waals surface area contributed by atoms with Gasteiger partial charge in [-0.3, -0.25) is 0 Å². The van der Waals surface area contributed by atoms with Gasteiger partial charge in [0, 0.05) is 0 Å². The van der Waals surface area contributed by atoms with Gasteiger partial charge in [-0.1, -0.05) is 0 Å². The number of rotatable bonds is 5. The van der Waals surface area contributed by atoms with E-state index in [4.69, 9.17) is 0 Å². The fourth-order valence-electron chi connectivity index (χ4n) is 5.60. The van der Waals surface area contributed by atoms with E-state index in [-0.39, 0.29) is 5.92 Å². The molecule has 2 nitrogen and oxygen atoms in total. The molecule has 0 radical (unpaired) electrons. The quantitative estimate of drug-likeness (QED) is 0.462. The number of allylic oxidation sites excluding steroid dienone is 4. The van der Waals surface area contributed by atoms with Crippen LogP contribution >= 0.6 is 0 Å². The van der Waals surface area contributed by atoms with Gasteiger partial charge in [0.15, 0.2) is 0 Å². The molecule has 1 aromatic rings. The van der Waals surface area contributed by atoms with Crippen LogP contribution in [-0.4, -0.2) is 12.6 Å². The number of amides is 1. The first kappa shape index (κ1) is 25.7. The third-order valence-corrected chi connectivity index (χ3v) is 20.9. The summed E-state index contributed by atoms with van der Waals surface area (Å²) in [6.07, 6.45) is 12.7. The van der Waals surface area contributed by atoms with E-state index in [1.165, 1.54) is 73.3 Å². The summed E-state index contributed by atoms with van der Waals surface area (Å²) < 4.78 is 5.48.